The van der Waals surface area contributed by atoms with Gasteiger partial charge in [-0.15, -0.1) is 0 Å². The van der Waals surface area contributed by atoms with Crippen molar-refractivity contribution in [3.05, 3.63) is 82.5 Å². The number of rotatable bonds is 6. The van der Waals surface area contributed by atoms with Crippen LogP contribution in [-0.2, 0) is 0 Å². The van der Waals surface area contributed by atoms with Gasteiger partial charge in [0.25, 0.3) is 11.8 Å². The van der Waals surface area contributed by atoms with Gasteiger partial charge in [-0.05, 0) is 55.3 Å². The number of carbonyl (C=O) groups excluding carboxylic acids is 2. The first-order valence-electron chi connectivity index (χ1n) is 9.93. The first-order chi connectivity index (χ1) is 15.3. The van der Waals surface area contributed by atoms with Crippen molar-refractivity contribution < 1.29 is 14.3 Å². The number of pyridine rings is 1. The lowest BCUT2D eigenvalue weighted by Crippen LogP contribution is -2.20. The van der Waals surface area contributed by atoms with Gasteiger partial charge in [-0.25, -0.2) is 4.98 Å². The van der Waals surface area contributed by atoms with Crippen molar-refractivity contribution in [2.24, 2.45) is 0 Å². The lowest BCUT2D eigenvalue weighted by molar-refractivity contribution is 0.102. The van der Waals surface area contributed by atoms with E-state index in [1.807, 2.05) is 19.9 Å². The molecule has 0 aliphatic heterocycles. The molecular weight excluding hydrogens is 406 g/mol. The molecule has 2 amide bonds. The molecular formula is C24H25N5O3. The zero-order chi connectivity index (χ0) is 23.3. The number of aromatic nitrogens is 1. The number of anilines is 2. The Labute approximate surface area is 186 Å². The van der Waals surface area contributed by atoms with Crippen molar-refractivity contribution in [3.8, 4) is 5.75 Å². The minimum absolute atomic E-state index is 0.251. The van der Waals surface area contributed by atoms with E-state index in [1.54, 1.807) is 55.7 Å². The summed E-state index contributed by atoms with van der Waals surface area (Å²) >= 11 is 0. The van der Waals surface area contributed by atoms with Gasteiger partial charge in [0.1, 0.15) is 17.4 Å². The van der Waals surface area contributed by atoms with Crippen LogP contribution in [0.3, 0.4) is 0 Å². The maximum Gasteiger partial charge on any atom is 0.259 e. The molecule has 0 aliphatic carbocycles. The monoisotopic (exact) mass is 431 g/mol. The molecule has 8 heteroatoms. The fourth-order valence-corrected chi connectivity index (χ4v) is 3.07. The second-order valence-corrected chi connectivity index (χ2v) is 7.22. The van der Waals surface area contributed by atoms with Gasteiger partial charge in [-0.2, -0.15) is 0 Å². The SMILES string of the molecule is CNC(=N)c1ccc(C(=O)Nc2c(OC)cc(C)cc2C(=O)Nc2ccc(C)cn2)cc1. The maximum absolute atomic E-state index is 13.0. The molecule has 0 aliphatic rings. The van der Waals surface area contributed by atoms with Crippen LogP contribution in [0.5, 0.6) is 5.75 Å². The Hall–Kier alpha value is -4.20. The summed E-state index contributed by atoms with van der Waals surface area (Å²) in [6.45, 7) is 3.75. The zero-order valence-electron chi connectivity index (χ0n) is 18.4. The van der Waals surface area contributed by atoms with Gasteiger partial charge in [0, 0.05) is 24.4 Å². The highest BCUT2D eigenvalue weighted by atomic mass is 16.5. The van der Waals surface area contributed by atoms with E-state index in [2.05, 4.69) is 20.9 Å². The number of benzene rings is 2. The van der Waals surface area contributed by atoms with Crippen LogP contribution in [0.25, 0.3) is 0 Å². The van der Waals surface area contributed by atoms with E-state index < -0.39 is 11.8 Å². The number of hydrogen-bond donors (Lipinski definition) is 4. The lowest BCUT2D eigenvalue weighted by atomic mass is 10.1. The van der Waals surface area contributed by atoms with Crippen molar-refractivity contribution in [2.75, 3.05) is 24.8 Å². The summed E-state index contributed by atoms with van der Waals surface area (Å²) < 4.78 is 5.44. The Balaban J connectivity index is 1.91. The topological polar surface area (TPSA) is 116 Å². The first kappa shape index (κ1) is 22.5. The van der Waals surface area contributed by atoms with Crippen molar-refractivity contribution in [1.29, 1.82) is 5.41 Å². The molecule has 0 saturated carbocycles. The highest BCUT2D eigenvalue weighted by molar-refractivity contribution is 6.13. The number of methoxy groups -OCH3 is 1. The van der Waals surface area contributed by atoms with Gasteiger partial charge in [0.05, 0.1) is 18.4 Å². The molecule has 0 unspecified atom stereocenters. The fourth-order valence-electron chi connectivity index (χ4n) is 3.07. The van der Waals surface area contributed by atoms with Crippen molar-refractivity contribution in [2.45, 2.75) is 13.8 Å². The van der Waals surface area contributed by atoms with Crippen LogP contribution in [-0.4, -0.2) is 36.8 Å². The molecule has 0 radical (unpaired) electrons. The van der Waals surface area contributed by atoms with Crippen LogP contribution < -0.4 is 20.7 Å². The smallest absolute Gasteiger partial charge is 0.259 e. The second kappa shape index (κ2) is 9.74. The van der Waals surface area contributed by atoms with E-state index in [-0.39, 0.29) is 17.1 Å². The van der Waals surface area contributed by atoms with Gasteiger partial charge >= 0.3 is 0 Å². The number of amidine groups is 1. The van der Waals surface area contributed by atoms with Crippen LogP contribution in [0.1, 0.15) is 37.4 Å². The third kappa shape index (κ3) is 5.10. The molecule has 0 atom stereocenters. The predicted octanol–water partition coefficient (Wildman–Crippen LogP) is 3.76. The molecule has 0 fully saturated rings. The van der Waals surface area contributed by atoms with Crippen LogP contribution in [0.2, 0.25) is 0 Å². The van der Waals surface area contributed by atoms with Gasteiger partial charge in [-0.3, -0.25) is 15.0 Å². The molecule has 2 aromatic carbocycles. The third-order valence-corrected chi connectivity index (χ3v) is 4.79. The standard InChI is InChI=1S/C24H25N5O3/c1-14-5-10-20(27-13-14)28-24(31)18-11-15(2)12-19(32-4)21(18)29-23(30)17-8-6-16(7-9-17)22(25)26-3/h5-13H,1-4H3,(H2,25,26)(H,29,30)(H,27,28,31). The van der Waals surface area contributed by atoms with Crippen LogP contribution in [0, 0.1) is 19.3 Å². The molecule has 164 valence electrons. The van der Waals surface area contributed by atoms with Gasteiger partial charge in [-0.1, -0.05) is 18.2 Å². The maximum atomic E-state index is 13.0. The van der Waals surface area contributed by atoms with E-state index in [4.69, 9.17) is 10.1 Å². The van der Waals surface area contributed by atoms with E-state index >= 15 is 0 Å². The molecule has 4 N–H and O–H groups in total. The van der Waals surface area contributed by atoms with Gasteiger partial charge < -0.3 is 20.7 Å². The minimum Gasteiger partial charge on any atom is -0.495 e. The average Bonchev–Trinajstić information content (AvgIpc) is 2.80. The zero-order valence-corrected chi connectivity index (χ0v) is 18.4. The second-order valence-electron chi connectivity index (χ2n) is 7.22. The molecule has 0 spiro atoms. The summed E-state index contributed by atoms with van der Waals surface area (Å²) in [5, 5.41) is 16.1. The fraction of sp³-hybridized carbons (Fsp3) is 0.167. The Morgan fingerprint density at radius 1 is 0.906 bits per heavy atom. The largest absolute Gasteiger partial charge is 0.495 e. The molecule has 8 nitrogen and oxygen atoms in total. The summed E-state index contributed by atoms with van der Waals surface area (Å²) in [5.74, 6) is 0.198. The van der Waals surface area contributed by atoms with E-state index in [0.717, 1.165) is 11.1 Å². The number of nitrogens with zero attached hydrogens (tertiary/aromatic N) is 1. The summed E-state index contributed by atoms with van der Waals surface area (Å²) in [7, 11) is 3.14. The molecule has 1 heterocycles. The van der Waals surface area contributed by atoms with Gasteiger partial charge in [0.2, 0.25) is 0 Å². The summed E-state index contributed by atoms with van der Waals surface area (Å²) in [5.41, 5.74) is 3.33. The van der Waals surface area contributed by atoms with Crippen molar-refractivity contribution in [3.63, 3.8) is 0 Å². The highest BCUT2D eigenvalue weighted by Crippen LogP contribution is 2.31. The van der Waals surface area contributed by atoms with E-state index in [9.17, 15) is 9.59 Å². The van der Waals surface area contributed by atoms with E-state index in [0.29, 0.717) is 22.7 Å². The minimum atomic E-state index is -0.420. The Morgan fingerprint density at radius 3 is 2.19 bits per heavy atom. The van der Waals surface area contributed by atoms with Gasteiger partial charge in [0.15, 0.2) is 0 Å². The lowest BCUT2D eigenvalue weighted by Gasteiger charge is -2.16. The van der Waals surface area contributed by atoms with Crippen LogP contribution in [0.15, 0.2) is 54.7 Å². The van der Waals surface area contributed by atoms with Crippen molar-refractivity contribution in [1.82, 2.24) is 10.3 Å². The number of ether oxygens (including phenoxy) is 1. The first-order valence-corrected chi connectivity index (χ1v) is 9.93. The Morgan fingerprint density at radius 2 is 1.59 bits per heavy atom. The van der Waals surface area contributed by atoms with Crippen LogP contribution >= 0.6 is 0 Å². The predicted molar refractivity (Wildman–Crippen MR) is 125 cm³/mol. The summed E-state index contributed by atoms with van der Waals surface area (Å²) in [4.78, 5) is 30.1. The molecule has 3 rings (SSSR count). The molecule has 0 saturated heterocycles. The number of nitrogens with one attached hydrogen (secondary N) is 4. The summed E-state index contributed by atoms with van der Waals surface area (Å²) in [6, 6.07) is 13.6. The average molecular weight is 431 g/mol. The molecule has 3 aromatic rings. The number of aryl methyl sites for hydroxylation is 2. The normalized spacial score (nSPS) is 10.2. The number of hydrogen-bond acceptors (Lipinski definition) is 5. The molecule has 32 heavy (non-hydrogen) atoms. The van der Waals surface area contributed by atoms with Crippen molar-refractivity contribution >= 4 is 29.2 Å². The number of carbonyl (C=O) groups is 2. The Bertz CT molecular complexity index is 1160. The highest BCUT2D eigenvalue weighted by Gasteiger charge is 2.20. The molecule has 1 aromatic heterocycles. The van der Waals surface area contributed by atoms with Crippen LogP contribution in [0.4, 0.5) is 11.5 Å². The third-order valence-electron chi connectivity index (χ3n) is 4.79. The van der Waals surface area contributed by atoms with E-state index in [1.165, 1.54) is 7.11 Å². The summed E-state index contributed by atoms with van der Waals surface area (Å²) in [6.07, 6.45) is 1.66. The Kier molecular flexibility index (Phi) is 6.84. The number of amides is 2. The molecule has 0 bridgehead atoms. The quantitative estimate of drug-likeness (QED) is 0.350.